The van der Waals surface area contributed by atoms with E-state index in [9.17, 15) is 19.5 Å². The summed E-state index contributed by atoms with van der Waals surface area (Å²) in [6.07, 6.45) is 2.12. The molecule has 0 radical (unpaired) electrons. The lowest BCUT2D eigenvalue weighted by atomic mass is 10.0. The minimum atomic E-state index is -1.18. The standard InChI is InChI=1S/C23H26N4O5/c1-13(23(31)32)26-22(30)20(11-15-12-25-19-5-3-2-4-17(15)19)27-21(29)18(24)10-14-6-8-16(28)9-7-14/h2-9,12-13,18,20,25,28H,10-11,24H2,1H3,(H,26,30)(H,27,29)(H,31,32). The van der Waals surface area contributed by atoms with Crippen molar-refractivity contribution in [1.29, 1.82) is 0 Å². The number of benzene rings is 2. The third-order valence-corrected chi connectivity index (χ3v) is 5.19. The maximum absolute atomic E-state index is 12.8. The van der Waals surface area contributed by atoms with Crippen molar-refractivity contribution in [3.8, 4) is 5.75 Å². The predicted octanol–water partition coefficient (Wildman–Crippen LogP) is 1.06. The summed E-state index contributed by atoms with van der Waals surface area (Å²) < 4.78 is 0. The molecule has 3 aromatic rings. The third-order valence-electron chi connectivity index (χ3n) is 5.19. The van der Waals surface area contributed by atoms with Crippen LogP contribution in [0.4, 0.5) is 0 Å². The largest absolute Gasteiger partial charge is 0.508 e. The number of hydrogen-bond donors (Lipinski definition) is 6. The summed E-state index contributed by atoms with van der Waals surface area (Å²) in [5, 5.41) is 24.5. The van der Waals surface area contributed by atoms with Crippen LogP contribution >= 0.6 is 0 Å². The van der Waals surface area contributed by atoms with Crippen LogP contribution in [0.25, 0.3) is 10.9 Å². The van der Waals surface area contributed by atoms with Crippen molar-refractivity contribution in [1.82, 2.24) is 15.6 Å². The van der Waals surface area contributed by atoms with E-state index in [4.69, 9.17) is 10.8 Å². The van der Waals surface area contributed by atoms with Gasteiger partial charge in [-0.1, -0.05) is 30.3 Å². The number of para-hydroxylation sites is 1. The Morgan fingerprint density at radius 2 is 1.69 bits per heavy atom. The van der Waals surface area contributed by atoms with Crippen LogP contribution in [0.2, 0.25) is 0 Å². The van der Waals surface area contributed by atoms with Crippen LogP contribution in [0.3, 0.4) is 0 Å². The lowest BCUT2D eigenvalue weighted by Crippen LogP contribution is -2.55. The Bertz CT molecular complexity index is 1110. The molecule has 0 spiro atoms. The zero-order valence-corrected chi connectivity index (χ0v) is 17.5. The monoisotopic (exact) mass is 438 g/mol. The fraction of sp³-hybridized carbons (Fsp3) is 0.261. The molecule has 2 aromatic carbocycles. The number of fused-ring (bicyclic) bond motifs is 1. The molecule has 32 heavy (non-hydrogen) atoms. The summed E-state index contributed by atoms with van der Waals surface area (Å²) in [7, 11) is 0. The van der Waals surface area contributed by atoms with Crippen LogP contribution in [0.15, 0.2) is 54.7 Å². The van der Waals surface area contributed by atoms with Crippen LogP contribution in [0, 0.1) is 0 Å². The number of carbonyl (C=O) groups is 3. The number of H-pyrrole nitrogens is 1. The second kappa shape index (κ2) is 9.97. The fourth-order valence-electron chi connectivity index (χ4n) is 3.36. The SMILES string of the molecule is CC(NC(=O)C(Cc1c[nH]c2ccccc12)NC(=O)C(N)Cc1ccc(O)cc1)C(=O)O. The summed E-state index contributed by atoms with van der Waals surface area (Å²) >= 11 is 0. The molecule has 0 aliphatic carbocycles. The Balaban J connectivity index is 1.76. The van der Waals surface area contributed by atoms with Crippen molar-refractivity contribution in [3.05, 3.63) is 65.9 Å². The van der Waals surface area contributed by atoms with E-state index in [-0.39, 0.29) is 18.6 Å². The van der Waals surface area contributed by atoms with E-state index in [1.807, 2.05) is 24.3 Å². The number of aromatic hydroxyl groups is 1. The molecule has 9 nitrogen and oxygen atoms in total. The van der Waals surface area contributed by atoms with E-state index in [0.717, 1.165) is 22.0 Å². The molecule has 7 N–H and O–H groups in total. The van der Waals surface area contributed by atoms with Gasteiger partial charge < -0.3 is 31.6 Å². The number of hydrogen-bond acceptors (Lipinski definition) is 5. The third kappa shape index (κ3) is 5.64. The van der Waals surface area contributed by atoms with Crippen molar-refractivity contribution in [3.63, 3.8) is 0 Å². The molecular formula is C23H26N4O5. The molecule has 0 aliphatic heterocycles. The van der Waals surface area contributed by atoms with Gasteiger partial charge in [0.1, 0.15) is 17.8 Å². The normalized spacial score (nSPS) is 13.8. The van der Waals surface area contributed by atoms with E-state index >= 15 is 0 Å². The Morgan fingerprint density at radius 1 is 1.00 bits per heavy atom. The smallest absolute Gasteiger partial charge is 0.325 e. The van der Waals surface area contributed by atoms with Gasteiger partial charge in [0, 0.05) is 23.5 Å². The highest BCUT2D eigenvalue weighted by Gasteiger charge is 2.27. The van der Waals surface area contributed by atoms with Gasteiger partial charge in [0.15, 0.2) is 0 Å². The summed E-state index contributed by atoms with van der Waals surface area (Å²) in [6, 6.07) is 10.8. The molecule has 3 unspecified atom stereocenters. The topological polar surface area (TPSA) is 158 Å². The minimum Gasteiger partial charge on any atom is -0.508 e. The van der Waals surface area contributed by atoms with Crippen molar-refractivity contribution < 1.29 is 24.6 Å². The van der Waals surface area contributed by atoms with Crippen molar-refractivity contribution in [2.45, 2.75) is 37.9 Å². The quantitative estimate of drug-likeness (QED) is 0.293. The number of amides is 2. The van der Waals surface area contributed by atoms with Gasteiger partial charge in [-0.3, -0.25) is 14.4 Å². The second-order valence-electron chi connectivity index (χ2n) is 7.67. The number of aromatic nitrogens is 1. The molecule has 1 aromatic heterocycles. The van der Waals surface area contributed by atoms with E-state index in [1.54, 1.807) is 18.3 Å². The van der Waals surface area contributed by atoms with Gasteiger partial charge in [0.25, 0.3) is 0 Å². The fourth-order valence-corrected chi connectivity index (χ4v) is 3.36. The molecule has 3 rings (SSSR count). The number of aromatic amines is 1. The van der Waals surface area contributed by atoms with Gasteiger partial charge >= 0.3 is 5.97 Å². The van der Waals surface area contributed by atoms with Crippen molar-refractivity contribution in [2.24, 2.45) is 5.73 Å². The molecule has 0 saturated heterocycles. The first-order valence-electron chi connectivity index (χ1n) is 10.2. The van der Waals surface area contributed by atoms with Gasteiger partial charge in [-0.2, -0.15) is 0 Å². The van der Waals surface area contributed by atoms with Crippen LogP contribution in [-0.4, -0.2) is 51.1 Å². The summed E-state index contributed by atoms with van der Waals surface area (Å²) in [5.74, 6) is -2.23. The Kier molecular flexibility index (Phi) is 7.11. The molecule has 2 amide bonds. The maximum atomic E-state index is 12.8. The maximum Gasteiger partial charge on any atom is 0.325 e. The molecule has 0 bridgehead atoms. The summed E-state index contributed by atoms with van der Waals surface area (Å²) in [5.41, 5.74) is 8.48. The lowest BCUT2D eigenvalue weighted by molar-refractivity contribution is -0.141. The molecule has 0 saturated carbocycles. The molecule has 3 atom stereocenters. The number of nitrogens with one attached hydrogen (secondary N) is 3. The van der Waals surface area contributed by atoms with E-state index in [2.05, 4.69) is 15.6 Å². The lowest BCUT2D eigenvalue weighted by Gasteiger charge is -2.22. The number of rotatable bonds is 9. The highest BCUT2D eigenvalue weighted by atomic mass is 16.4. The van der Waals surface area contributed by atoms with Crippen LogP contribution in [0.1, 0.15) is 18.1 Å². The van der Waals surface area contributed by atoms with Crippen molar-refractivity contribution >= 4 is 28.7 Å². The molecule has 0 aliphatic rings. The first-order valence-corrected chi connectivity index (χ1v) is 10.2. The minimum absolute atomic E-state index is 0.106. The van der Waals surface area contributed by atoms with E-state index in [0.29, 0.717) is 0 Å². The zero-order chi connectivity index (χ0) is 23.3. The molecule has 9 heteroatoms. The highest BCUT2D eigenvalue weighted by molar-refractivity contribution is 5.93. The van der Waals surface area contributed by atoms with Gasteiger partial charge in [-0.25, -0.2) is 0 Å². The Morgan fingerprint density at radius 3 is 2.38 bits per heavy atom. The van der Waals surface area contributed by atoms with E-state index < -0.39 is 35.9 Å². The van der Waals surface area contributed by atoms with Gasteiger partial charge in [-0.15, -0.1) is 0 Å². The average Bonchev–Trinajstić information content (AvgIpc) is 3.17. The molecular weight excluding hydrogens is 412 g/mol. The second-order valence-corrected chi connectivity index (χ2v) is 7.67. The molecule has 1 heterocycles. The van der Waals surface area contributed by atoms with Crippen molar-refractivity contribution in [2.75, 3.05) is 0 Å². The van der Waals surface area contributed by atoms with Gasteiger partial charge in [0.05, 0.1) is 6.04 Å². The molecule has 0 fully saturated rings. The van der Waals surface area contributed by atoms with Crippen LogP contribution in [-0.2, 0) is 27.2 Å². The number of phenolic OH excluding ortho intramolecular Hbond substituents is 1. The van der Waals surface area contributed by atoms with Crippen LogP contribution in [0.5, 0.6) is 5.75 Å². The summed E-state index contributed by atoms with van der Waals surface area (Å²) in [6.45, 7) is 1.35. The average molecular weight is 438 g/mol. The molecule has 168 valence electrons. The number of carbonyl (C=O) groups excluding carboxylic acids is 2. The van der Waals surface area contributed by atoms with Gasteiger partial charge in [-0.05, 0) is 42.7 Å². The Hall–Kier alpha value is -3.85. The number of carboxylic acid groups (broad SMARTS) is 1. The number of phenols is 1. The first kappa shape index (κ1) is 22.8. The number of carboxylic acids is 1. The number of nitrogens with two attached hydrogens (primary N) is 1. The van der Waals surface area contributed by atoms with Gasteiger partial charge in [0.2, 0.25) is 11.8 Å². The first-order chi connectivity index (χ1) is 15.2. The highest BCUT2D eigenvalue weighted by Crippen LogP contribution is 2.19. The predicted molar refractivity (Wildman–Crippen MR) is 119 cm³/mol. The Labute approximate surface area is 184 Å². The zero-order valence-electron chi connectivity index (χ0n) is 17.5. The summed E-state index contributed by atoms with van der Waals surface area (Å²) in [4.78, 5) is 39.8. The van der Waals surface area contributed by atoms with Crippen LogP contribution < -0.4 is 16.4 Å². The van der Waals surface area contributed by atoms with E-state index in [1.165, 1.54) is 19.1 Å². The number of aliphatic carboxylic acids is 1.